The van der Waals surface area contributed by atoms with Crippen LogP contribution in [0.1, 0.15) is 37.4 Å². The second kappa shape index (κ2) is 5.86. The number of rotatable bonds is 5. The zero-order chi connectivity index (χ0) is 14.9. The molecule has 1 aliphatic carbocycles. The summed E-state index contributed by atoms with van der Waals surface area (Å²) < 4.78 is 31.7. The van der Waals surface area contributed by atoms with E-state index >= 15 is 0 Å². The molecule has 0 spiro atoms. The van der Waals surface area contributed by atoms with E-state index in [0.29, 0.717) is 30.6 Å². The topological polar surface area (TPSA) is 107 Å². The molecule has 1 unspecified atom stereocenters. The monoisotopic (exact) mass is 312 g/mol. The fourth-order valence-electron chi connectivity index (χ4n) is 2.53. The molecule has 2 heterocycles. The zero-order valence-corrected chi connectivity index (χ0v) is 12.6. The first-order chi connectivity index (χ1) is 10.1. The lowest BCUT2D eigenvalue weighted by Gasteiger charge is -2.27. The summed E-state index contributed by atoms with van der Waals surface area (Å²) in [6, 6.07) is 1.42. The molecule has 1 atom stereocenters. The third-order valence-corrected chi connectivity index (χ3v) is 5.86. The molecule has 7 nitrogen and oxygen atoms in total. The van der Waals surface area contributed by atoms with Gasteiger partial charge in [-0.15, -0.1) is 0 Å². The van der Waals surface area contributed by atoms with Gasteiger partial charge in [-0.3, -0.25) is 4.72 Å². The molecule has 1 aromatic heterocycles. The highest BCUT2D eigenvalue weighted by Gasteiger charge is 2.36. The molecule has 21 heavy (non-hydrogen) atoms. The Hall–Kier alpha value is -1.25. The predicted molar refractivity (Wildman–Crippen MR) is 78.1 cm³/mol. The largest absolute Gasteiger partial charge is 0.381 e. The van der Waals surface area contributed by atoms with E-state index < -0.39 is 10.0 Å². The maximum Gasteiger partial charge on any atom is 0.236 e. The summed E-state index contributed by atoms with van der Waals surface area (Å²) in [5, 5.41) is -0.278. The van der Waals surface area contributed by atoms with E-state index in [2.05, 4.69) is 14.7 Å². The predicted octanol–water partition coefficient (Wildman–Crippen LogP) is 0.807. The van der Waals surface area contributed by atoms with Crippen molar-refractivity contribution >= 4 is 15.8 Å². The number of sulfonamides is 1. The van der Waals surface area contributed by atoms with Crippen LogP contribution >= 0.6 is 0 Å². The number of nitrogens with one attached hydrogen (secondary N) is 1. The van der Waals surface area contributed by atoms with Crippen molar-refractivity contribution in [2.24, 2.45) is 11.7 Å². The van der Waals surface area contributed by atoms with Gasteiger partial charge in [0.05, 0.1) is 17.0 Å². The highest BCUT2D eigenvalue weighted by atomic mass is 32.2. The van der Waals surface area contributed by atoms with Gasteiger partial charge < -0.3 is 10.5 Å². The van der Waals surface area contributed by atoms with Crippen molar-refractivity contribution in [2.45, 2.75) is 37.0 Å². The first-order valence-corrected chi connectivity index (χ1v) is 8.78. The van der Waals surface area contributed by atoms with Crippen LogP contribution in [0.25, 0.3) is 0 Å². The molecule has 0 amide bonds. The minimum Gasteiger partial charge on any atom is -0.381 e. The van der Waals surface area contributed by atoms with Crippen LogP contribution in [0.4, 0.5) is 5.82 Å². The summed E-state index contributed by atoms with van der Waals surface area (Å²) in [7, 11) is -3.31. The second-order valence-electron chi connectivity index (χ2n) is 5.65. The molecular weight excluding hydrogens is 292 g/mol. The van der Waals surface area contributed by atoms with Crippen molar-refractivity contribution < 1.29 is 13.2 Å². The van der Waals surface area contributed by atoms with Gasteiger partial charge in [-0.1, -0.05) is 0 Å². The van der Waals surface area contributed by atoms with Gasteiger partial charge >= 0.3 is 0 Å². The highest BCUT2D eigenvalue weighted by molar-refractivity contribution is 7.93. The van der Waals surface area contributed by atoms with Gasteiger partial charge in [0.2, 0.25) is 10.0 Å². The molecule has 1 saturated heterocycles. The summed E-state index contributed by atoms with van der Waals surface area (Å²) in [5.41, 5.74) is 6.92. The number of ether oxygens (including phenoxy) is 1. The first kappa shape index (κ1) is 14.7. The molecule has 116 valence electrons. The Kier molecular flexibility index (Phi) is 4.10. The van der Waals surface area contributed by atoms with Gasteiger partial charge in [-0.2, -0.15) is 0 Å². The Morgan fingerprint density at radius 1 is 1.24 bits per heavy atom. The van der Waals surface area contributed by atoms with Crippen LogP contribution in [-0.2, 0) is 14.8 Å². The van der Waals surface area contributed by atoms with E-state index in [4.69, 9.17) is 10.5 Å². The van der Waals surface area contributed by atoms with Gasteiger partial charge in [0.15, 0.2) is 0 Å². The van der Waals surface area contributed by atoms with Crippen LogP contribution in [-0.4, -0.2) is 36.8 Å². The summed E-state index contributed by atoms with van der Waals surface area (Å²) in [4.78, 5) is 8.17. The van der Waals surface area contributed by atoms with Crippen LogP contribution in [0, 0.1) is 5.92 Å². The standard InChI is InChI=1S/C13H20N4O3S/c14-13(9-3-5-20-6-4-9)11-7-12(16-8-15-11)17-21(18,19)10-1-2-10/h7-10,13H,1-6,14H2,(H,15,16,17). The fraction of sp³-hybridized carbons (Fsp3) is 0.692. The second-order valence-corrected chi connectivity index (χ2v) is 7.61. The lowest BCUT2D eigenvalue weighted by Crippen LogP contribution is -2.28. The van der Waals surface area contributed by atoms with Gasteiger partial charge in [-0.25, -0.2) is 18.4 Å². The van der Waals surface area contributed by atoms with Gasteiger partial charge in [0.25, 0.3) is 0 Å². The van der Waals surface area contributed by atoms with Gasteiger partial charge in [0, 0.05) is 19.3 Å². The van der Waals surface area contributed by atoms with E-state index in [-0.39, 0.29) is 11.3 Å². The van der Waals surface area contributed by atoms with Crippen molar-refractivity contribution in [1.29, 1.82) is 0 Å². The maximum atomic E-state index is 11.9. The normalized spacial score (nSPS) is 22.0. The Morgan fingerprint density at radius 2 is 1.95 bits per heavy atom. The van der Waals surface area contributed by atoms with Crippen LogP contribution in [0.15, 0.2) is 12.4 Å². The van der Waals surface area contributed by atoms with Crippen LogP contribution in [0.5, 0.6) is 0 Å². The SMILES string of the molecule is NC(c1cc(NS(=O)(=O)C2CC2)ncn1)C1CCOCC1. The summed E-state index contributed by atoms with van der Waals surface area (Å²) >= 11 is 0. The molecule has 0 bridgehead atoms. The van der Waals surface area contributed by atoms with Crippen molar-refractivity contribution in [2.75, 3.05) is 17.9 Å². The molecule has 3 rings (SSSR count). The minimum absolute atomic E-state index is 0.221. The molecular formula is C13H20N4O3S. The lowest BCUT2D eigenvalue weighted by molar-refractivity contribution is 0.0579. The van der Waals surface area contributed by atoms with Crippen LogP contribution < -0.4 is 10.5 Å². The molecule has 2 aliphatic rings. The average molecular weight is 312 g/mol. The Balaban J connectivity index is 1.73. The summed E-state index contributed by atoms with van der Waals surface area (Å²) in [6.07, 6.45) is 4.59. The van der Waals surface area contributed by atoms with Crippen molar-refractivity contribution in [3.63, 3.8) is 0 Å². The van der Waals surface area contributed by atoms with Gasteiger partial charge in [0.1, 0.15) is 12.1 Å². The number of nitrogens with two attached hydrogens (primary N) is 1. The first-order valence-electron chi connectivity index (χ1n) is 7.23. The number of anilines is 1. The van der Waals surface area contributed by atoms with Crippen molar-refractivity contribution in [1.82, 2.24) is 9.97 Å². The number of hydrogen-bond donors (Lipinski definition) is 2. The molecule has 0 radical (unpaired) electrons. The van der Waals surface area contributed by atoms with Crippen LogP contribution in [0.3, 0.4) is 0 Å². The number of hydrogen-bond acceptors (Lipinski definition) is 6. The highest BCUT2D eigenvalue weighted by Crippen LogP contribution is 2.30. The minimum atomic E-state index is -3.31. The lowest BCUT2D eigenvalue weighted by atomic mass is 9.90. The Bertz CT molecular complexity index is 597. The molecule has 0 aromatic carbocycles. The molecule has 3 N–H and O–H groups in total. The van der Waals surface area contributed by atoms with Crippen molar-refractivity contribution in [3.05, 3.63) is 18.1 Å². The van der Waals surface area contributed by atoms with Gasteiger partial charge in [-0.05, 0) is 31.6 Å². The Morgan fingerprint density at radius 3 is 2.62 bits per heavy atom. The molecule has 1 aliphatic heterocycles. The zero-order valence-electron chi connectivity index (χ0n) is 11.7. The molecule has 8 heteroatoms. The molecule has 1 aromatic rings. The van der Waals surface area contributed by atoms with E-state index in [0.717, 1.165) is 25.7 Å². The molecule has 2 fully saturated rings. The van der Waals surface area contributed by atoms with Crippen LogP contribution in [0.2, 0.25) is 0 Å². The van der Waals surface area contributed by atoms with E-state index in [9.17, 15) is 8.42 Å². The Labute approximate surface area is 124 Å². The molecule has 1 saturated carbocycles. The van der Waals surface area contributed by atoms with E-state index in [1.807, 2.05) is 0 Å². The smallest absolute Gasteiger partial charge is 0.236 e. The maximum absolute atomic E-state index is 11.9. The number of aromatic nitrogens is 2. The third kappa shape index (κ3) is 3.50. The quantitative estimate of drug-likeness (QED) is 0.833. The fourth-order valence-corrected chi connectivity index (χ4v) is 3.86. The third-order valence-electron chi connectivity index (χ3n) is 4.01. The summed E-state index contributed by atoms with van der Waals surface area (Å²) in [5.74, 6) is 0.607. The van der Waals surface area contributed by atoms with E-state index in [1.165, 1.54) is 6.33 Å². The number of nitrogens with zero attached hydrogens (tertiary/aromatic N) is 2. The summed E-state index contributed by atoms with van der Waals surface area (Å²) in [6.45, 7) is 1.43. The average Bonchev–Trinajstić information content (AvgIpc) is 3.32. The van der Waals surface area contributed by atoms with Crippen molar-refractivity contribution in [3.8, 4) is 0 Å². The van der Waals surface area contributed by atoms with E-state index in [1.54, 1.807) is 6.07 Å².